The van der Waals surface area contributed by atoms with Crippen molar-refractivity contribution in [2.24, 2.45) is 4.99 Å². The number of nitrogens with zero attached hydrogens (tertiary/aromatic N) is 3. The van der Waals surface area contributed by atoms with Crippen molar-refractivity contribution in [3.05, 3.63) is 0 Å². The minimum Gasteiger partial charge on any atom is -0.385 e. The maximum absolute atomic E-state index is 5.73. The fourth-order valence-electron chi connectivity index (χ4n) is 2.38. The van der Waals surface area contributed by atoms with Crippen LogP contribution in [0.5, 0.6) is 0 Å². The number of morpholine rings is 1. The van der Waals surface area contributed by atoms with E-state index in [0.29, 0.717) is 0 Å². The van der Waals surface area contributed by atoms with Gasteiger partial charge in [-0.1, -0.05) is 0 Å². The van der Waals surface area contributed by atoms with Gasteiger partial charge in [0.2, 0.25) is 0 Å². The van der Waals surface area contributed by atoms with Crippen molar-refractivity contribution in [1.29, 1.82) is 0 Å². The molecule has 22 heavy (non-hydrogen) atoms. The second-order valence-corrected chi connectivity index (χ2v) is 5.78. The molecule has 1 fully saturated rings. The largest absolute Gasteiger partial charge is 0.385 e. The highest BCUT2D eigenvalue weighted by molar-refractivity contribution is 5.79. The van der Waals surface area contributed by atoms with E-state index in [4.69, 9.17) is 9.47 Å². The van der Waals surface area contributed by atoms with Crippen LogP contribution in [0.3, 0.4) is 0 Å². The molecule has 1 unspecified atom stereocenters. The number of rotatable bonds is 9. The Balaban J connectivity index is 2.11. The predicted molar refractivity (Wildman–Crippen MR) is 90.6 cm³/mol. The quantitative estimate of drug-likeness (QED) is 0.338. The first-order valence-electron chi connectivity index (χ1n) is 8.08. The summed E-state index contributed by atoms with van der Waals surface area (Å²) in [5.74, 6) is 0.835. The van der Waals surface area contributed by atoms with E-state index in [0.717, 1.165) is 64.9 Å². The van der Waals surface area contributed by atoms with E-state index in [2.05, 4.69) is 39.5 Å². The van der Waals surface area contributed by atoms with E-state index in [1.54, 1.807) is 14.2 Å². The summed E-state index contributed by atoms with van der Waals surface area (Å²) in [6.07, 6.45) is 1.29. The molecule has 130 valence electrons. The number of methoxy groups -OCH3 is 1. The molecule has 0 amide bonds. The molecule has 1 aliphatic heterocycles. The van der Waals surface area contributed by atoms with Gasteiger partial charge in [0.15, 0.2) is 5.96 Å². The summed E-state index contributed by atoms with van der Waals surface area (Å²) in [7, 11) is 7.79. The smallest absolute Gasteiger partial charge is 0.191 e. The van der Waals surface area contributed by atoms with Gasteiger partial charge in [-0.15, -0.1) is 0 Å². The molecule has 0 aliphatic carbocycles. The van der Waals surface area contributed by atoms with Crippen LogP contribution in [-0.2, 0) is 9.47 Å². The Morgan fingerprint density at radius 2 is 2.23 bits per heavy atom. The number of ether oxygens (including phenoxy) is 2. The van der Waals surface area contributed by atoms with Gasteiger partial charge in [-0.25, -0.2) is 0 Å². The molecular weight excluding hydrogens is 282 g/mol. The highest BCUT2D eigenvalue weighted by atomic mass is 16.5. The molecule has 1 saturated heterocycles. The van der Waals surface area contributed by atoms with E-state index in [1.807, 2.05) is 0 Å². The summed E-state index contributed by atoms with van der Waals surface area (Å²) in [6.45, 7) is 7.28. The summed E-state index contributed by atoms with van der Waals surface area (Å²) in [4.78, 5) is 8.83. The Kier molecular flexibility index (Phi) is 10.1. The van der Waals surface area contributed by atoms with Crippen LogP contribution in [0.1, 0.15) is 6.42 Å². The molecule has 1 rings (SSSR count). The number of aliphatic imine (C=N–C) groups is 1. The van der Waals surface area contributed by atoms with Crippen molar-refractivity contribution < 1.29 is 9.47 Å². The van der Waals surface area contributed by atoms with Gasteiger partial charge in [0.25, 0.3) is 0 Å². The third-order valence-electron chi connectivity index (χ3n) is 3.74. The van der Waals surface area contributed by atoms with E-state index < -0.39 is 0 Å². The fraction of sp³-hybridized carbons (Fsp3) is 0.933. The van der Waals surface area contributed by atoms with Gasteiger partial charge in [-0.2, -0.15) is 0 Å². The molecule has 0 radical (unpaired) electrons. The minimum absolute atomic E-state index is 0.231. The number of nitrogens with one attached hydrogen (secondary N) is 2. The molecule has 1 heterocycles. The third kappa shape index (κ3) is 8.53. The first-order valence-corrected chi connectivity index (χ1v) is 8.08. The third-order valence-corrected chi connectivity index (χ3v) is 3.74. The second-order valence-electron chi connectivity index (χ2n) is 5.78. The SMILES string of the molecule is CN=C(NCCN(C)CCCOC)NCC1CN(C)CCO1. The van der Waals surface area contributed by atoms with Crippen molar-refractivity contribution in [3.63, 3.8) is 0 Å². The summed E-state index contributed by atoms with van der Waals surface area (Å²) < 4.78 is 10.8. The first kappa shape index (κ1) is 19.2. The molecule has 7 nitrogen and oxygen atoms in total. The van der Waals surface area contributed by atoms with Crippen LogP contribution in [0.2, 0.25) is 0 Å². The Morgan fingerprint density at radius 3 is 2.91 bits per heavy atom. The molecule has 2 N–H and O–H groups in total. The van der Waals surface area contributed by atoms with Gasteiger partial charge in [-0.05, 0) is 20.5 Å². The highest BCUT2D eigenvalue weighted by Gasteiger charge is 2.17. The van der Waals surface area contributed by atoms with Gasteiger partial charge in [0, 0.05) is 60.0 Å². The first-order chi connectivity index (χ1) is 10.7. The second kappa shape index (κ2) is 11.6. The Morgan fingerprint density at radius 1 is 1.41 bits per heavy atom. The fourth-order valence-corrected chi connectivity index (χ4v) is 2.38. The molecule has 0 bridgehead atoms. The van der Waals surface area contributed by atoms with Crippen LogP contribution in [0.25, 0.3) is 0 Å². The molecule has 1 atom stereocenters. The molecule has 0 aromatic heterocycles. The molecule has 0 saturated carbocycles. The molecule has 7 heteroatoms. The lowest BCUT2D eigenvalue weighted by Gasteiger charge is -2.30. The summed E-state index contributed by atoms with van der Waals surface area (Å²) in [6, 6.07) is 0. The number of guanidine groups is 1. The maximum atomic E-state index is 5.73. The van der Waals surface area contributed by atoms with E-state index in [-0.39, 0.29) is 6.10 Å². The van der Waals surface area contributed by atoms with Crippen molar-refractivity contribution in [1.82, 2.24) is 20.4 Å². The van der Waals surface area contributed by atoms with Crippen LogP contribution < -0.4 is 10.6 Å². The van der Waals surface area contributed by atoms with Crippen molar-refractivity contribution in [3.8, 4) is 0 Å². The van der Waals surface area contributed by atoms with E-state index >= 15 is 0 Å². The van der Waals surface area contributed by atoms with Gasteiger partial charge in [0.05, 0.1) is 12.7 Å². The molecule has 0 aromatic carbocycles. The topological polar surface area (TPSA) is 61.4 Å². The number of hydrogen-bond acceptors (Lipinski definition) is 5. The molecule has 0 spiro atoms. The van der Waals surface area contributed by atoms with Crippen LogP contribution >= 0.6 is 0 Å². The Bertz CT molecular complexity index is 314. The van der Waals surface area contributed by atoms with Crippen molar-refractivity contribution >= 4 is 5.96 Å². The van der Waals surface area contributed by atoms with Crippen LogP contribution in [0.4, 0.5) is 0 Å². The van der Waals surface area contributed by atoms with Crippen LogP contribution in [0.15, 0.2) is 4.99 Å². The highest BCUT2D eigenvalue weighted by Crippen LogP contribution is 2.01. The average molecular weight is 315 g/mol. The maximum Gasteiger partial charge on any atom is 0.191 e. The minimum atomic E-state index is 0.231. The van der Waals surface area contributed by atoms with Crippen molar-refractivity contribution in [2.75, 3.05) is 80.7 Å². The zero-order valence-corrected chi connectivity index (χ0v) is 14.6. The number of likely N-dealkylation sites (N-methyl/N-ethyl adjacent to an activating group) is 2. The zero-order valence-electron chi connectivity index (χ0n) is 14.6. The zero-order chi connectivity index (χ0) is 16.2. The standard InChI is InChI=1S/C15H33N5O2/c1-16-15(17-6-8-19(2)7-5-10-21-4)18-12-14-13-20(3)9-11-22-14/h14H,5-13H2,1-4H3,(H2,16,17,18). The lowest BCUT2D eigenvalue weighted by molar-refractivity contribution is -0.0161. The van der Waals surface area contributed by atoms with Gasteiger partial charge >= 0.3 is 0 Å². The lowest BCUT2D eigenvalue weighted by Crippen LogP contribution is -2.49. The summed E-state index contributed by atoms with van der Waals surface area (Å²) in [5, 5.41) is 6.67. The van der Waals surface area contributed by atoms with E-state index in [1.165, 1.54) is 0 Å². The Labute approximate surface area is 135 Å². The van der Waals surface area contributed by atoms with Crippen LogP contribution in [0, 0.1) is 0 Å². The lowest BCUT2D eigenvalue weighted by atomic mass is 10.3. The Hall–Kier alpha value is -0.890. The monoisotopic (exact) mass is 315 g/mol. The number of hydrogen-bond donors (Lipinski definition) is 2. The summed E-state index contributed by atoms with van der Waals surface area (Å²) in [5.41, 5.74) is 0. The van der Waals surface area contributed by atoms with Gasteiger partial charge < -0.3 is 29.9 Å². The van der Waals surface area contributed by atoms with Gasteiger partial charge in [0.1, 0.15) is 0 Å². The van der Waals surface area contributed by atoms with Crippen LogP contribution in [-0.4, -0.2) is 103 Å². The predicted octanol–water partition coefficient (Wildman–Crippen LogP) is -0.550. The van der Waals surface area contributed by atoms with Gasteiger partial charge in [-0.3, -0.25) is 4.99 Å². The van der Waals surface area contributed by atoms with E-state index in [9.17, 15) is 0 Å². The normalized spacial score (nSPS) is 20.4. The molecular formula is C15H33N5O2. The summed E-state index contributed by atoms with van der Waals surface area (Å²) >= 11 is 0. The molecule has 0 aromatic rings. The molecule has 1 aliphatic rings. The van der Waals surface area contributed by atoms with Crippen molar-refractivity contribution in [2.45, 2.75) is 12.5 Å². The average Bonchev–Trinajstić information content (AvgIpc) is 2.51.